The van der Waals surface area contributed by atoms with Crippen molar-refractivity contribution in [3.63, 3.8) is 0 Å². The molecule has 0 saturated carbocycles. The zero-order chi connectivity index (χ0) is 16.2. The van der Waals surface area contributed by atoms with E-state index in [9.17, 15) is 4.79 Å². The van der Waals surface area contributed by atoms with Gasteiger partial charge in [-0.25, -0.2) is 0 Å². The maximum absolute atomic E-state index is 11.6. The van der Waals surface area contributed by atoms with Gasteiger partial charge in [0.15, 0.2) is 11.5 Å². The molecule has 0 radical (unpaired) electrons. The molecular weight excluding hydrogens is 292 g/mol. The average Bonchev–Trinajstić information content (AvgIpc) is 2.59. The molecule has 1 aromatic carbocycles. The number of ether oxygens (including phenoxy) is 2. The highest BCUT2D eigenvalue weighted by atomic mass is 16.6. The Morgan fingerprint density at radius 1 is 1.35 bits per heavy atom. The van der Waals surface area contributed by atoms with Crippen molar-refractivity contribution in [1.29, 1.82) is 0 Å². The predicted molar refractivity (Wildman–Crippen MR) is 88.7 cm³/mol. The standard InChI is InChI=1S/C18H26N2O3/c1-3-14-12-20(13(2)21)8-7-16(14)19-11-15-5-4-6-17-18(15)23-10-9-22-17/h4-6,14,16,19H,3,7-12H2,1-2H3/t14-,16+/m0/s1. The molecule has 0 aliphatic carbocycles. The summed E-state index contributed by atoms with van der Waals surface area (Å²) in [4.78, 5) is 13.5. The maximum Gasteiger partial charge on any atom is 0.219 e. The largest absolute Gasteiger partial charge is 0.486 e. The second-order valence-corrected chi connectivity index (χ2v) is 6.35. The Balaban J connectivity index is 1.63. The van der Waals surface area contributed by atoms with Gasteiger partial charge < -0.3 is 19.7 Å². The van der Waals surface area contributed by atoms with Gasteiger partial charge in [0, 0.05) is 38.2 Å². The van der Waals surface area contributed by atoms with Crippen molar-refractivity contribution in [2.24, 2.45) is 5.92 Å². The molecule has 0 unspecified atom stereocenters. The van der Waals surface area contributed by atoms with Gasteiger partial charge in [0.1, 0.15) is 13.2 Å². The summed E-state index contributed by atoms with van der Waals surface area (Å²) in [5.41, 5.74) is 1.14. The Labute approximate surface area is 137 Å². The highest BCUT2D eigenvalue weighted by Crippen LogP contribution is 2.33. The number of nitrogens with zero attached hydrogens (tertiary/aromatic N) is 1. The summed E-state index contributed by atoms with van der Waals surface area (Å²) in [7, 11) is 0. The first kappa shape index (κ1) is 16.1. The molecule has 1 amide bonds. The Morgan fingerprint density at radius 2 is 2.17 bits per heavy atom. The van der Waals surface area contributed by atoms with E-state index in [-0.39, 0.29) is 5.91 Å². The van der Waals surface area contributed by atoms with Crippen LogP contribution in [-0.4, -0.2) is 43.2 Å². The second kappa shape index (κ2) is 7.21. The first-order valence-electron chi connectivity index (χ1n) is 8.55. The summed E-state index contributed by atoms with van der Waals surface area (Å²) < 4.78 is 11.4. The van der Waals surface area contributed by atoms with E-state index in [1.807, 2.05) is 17.0 Å². The maximum atomic E-state index is 11.6. The van der Waals surface area contributed by atoms with Crippen LogP contribution in [0.1, 0.15) is 32.3 Å². The number of hydrogen-bond donors (Lipinski definition) is 1. The second-order valence-electron chi connectivity index (χ2n) is 6.35. The molecule has 2 aliphatic heterocycles. The van der Waals surface area contributed by atoms with E-state index >= 15 is 0 Å². The van der Waals surface area contributed by atoms with Crippen LogP contribution in [0.5, 0.6) is 11.5 Å². The van der Waals surface area contributed by atoms with Gasteiger partial charge in [-0.15, -0.1) is 0 Å². The van der Waals surface area contributed by atoms with Crippen LogP contribution in [0.4, 0.5) is 0 Å². The molecule has 0 spiro atoms. The number of carbonyl (C=O) groups excluding carboxylic acids is 1. The topological polar surface area (TPSA) is 50.8 Å². The van der Waals surface area contributed by atoms with Crippen molar-refractivity contribution < 1.29 is 14.3 Å². The van der Waals surface area contributed by atoms with Gasteiger partial charge in [-0.1, -0.05) is 25.5 Å². The molecule has 1 aromatic rings. The van der Waals surface area contributed by atoms with Crippen molar-refractivity contribution >= 4 is 5.91 Å². The van der Waals surface area contributed by atoms with Crippen molar-refractivity contribution in [3.05, 3.63) is 23.8 Å². The van der Waals surface area contributed by atoms with Gasteiger partial charge in [0.05, 0.1) is 0 Å². The smallest absolute Gasteiger partial charge is 0.219 e. The molecular formula is C18H26N2O3. The normalized spacial score (nSPS) is 23.7. The first-order valence-corrected chi connectivity index (χ1v) is 8.55. The molecule has 1 N–H and O–H groups in total. The van der Waals surface area contributed by atoms with Gasteiger partial charge in [-0.2, -0.15) is 0 Å². The minimum Gasteiger partial charge on any atom is -0.486 e. The fourth-order valence-electron chi connectivity index (χ4n) is 3.51. The molecule has 2 heterocycles. The van der Waals surface area contributed by atoms with Crippen LogP contribution in [0, 0.1) is 5.92 Å². The van der Waals surface area contributed by atoms with Crippen molar-refractivity contribution in [2.75, 3.05) is 26.3 Å². The van der Waals surface area contributed by atoms with Crippen LogP contribution in [0.15, 0.2) is 18.2 Å². The Bertz CT molecular complexity index is 561. The highest BCUT2D eigenvalue weighted by molar-refractivity contribution is 5.73. The summed E-state index contributed by atoms with van der Waals surface area (Å²) in [6.07, 6.45) is 2.08. The summed E-state index contributed by atoms with van der Waals surface area (Å²) in [6.45, 7) is 7.56. The Kier molecular flexibility index (Phi) is 5.06. The number of para-hydroxylation sites is 1. The molecule has 5 nitrogen and oxygen atoms in total. The third-order valence-corrected chi connectivity index (χ3v) is 4.91. The third-order valence-electron chi connectivity index (χ3n) is 4.91. The minimum absolute atomic E-state index is 0.185. The monoisotopic (exact) mass is 318 g/mol. The quantitative estimate of drug-likeness (QED) is 0.924. The van der Waals surface area contributed by atoms with E-state index in [1.54, 1.807) is 6.92 Å². The van der Waals surface area contributed by atoms with E-state index in [4.69, 9.17) is 9.47 Å². The van der Waals surface area contributed by atoms with Gasteiger partial charge >= 0.3 is 0 Å². The summed E-state index contributed by atoms with van der Waals surface area (Å²) >= 11 is 0. The van der Waals surface area contributed by atoms with Crippen LogP contribution in [0.2, 0.25) is 0 Å². The molecule has 2 aliphatic rings. The van der Waals surface area contributed by atoms with Gasteiger partial charge in [-0.05, 0) is 18.4 Å². The number of benzene rings is 1. The molecule has 3 rings (SSSR count). The highest BCUT2D eigenvalue weighted by Gasteiger charge is 2.29. The predicted octanol–water partition coefficient (Wildman–Crippen LogP) is 2.19. The van der Waals surface area contributed by atoms with E-state index in [1.165, 1.54) is 0 Å². The molecule has 0 bridgehead atoms. The number of nitrogens with one attached hydrogen (secondary N) is 1. The molecule has 0 aromatic heterocycles. The molecule has 5 heteroatoms. The van der Waals surface area contributed by atoms with Crippen molar-refractivity contribution in [3.8, 4) is 11.5 Å². The number of carbonyl (C=O) groups is 1. The van der Waals surface area contributed by atoms with E-state index in [0.717, 1.165) is 49.5 Å². The van der Waals surface area contributed by atoms with Gasteiger partial charge in [-0.3, -0.25) is 4.79 Å². The number of fused-ring (bicyclic) bond motifs is 1. The molecule has 1 fully saturated rings. The van der Waals surface area contributed by atoms with E-state index in [2.05, 4.69) is 18.3 Å². The van der Waals surface area contributed by atoms with E-state index < -0.39 is 0 Å². The lowest BCUT2D eigenvalue weighted by Crippen LogP contribution is -2.50. The summed E-state index contributed by atoms with van der Waals surface area (Å²) in [5, 5.41) is 3.67. The Hall–Kier alpha value is -1.75. The molecule has 23 heavy (non-hydrogen) atoms. The third kappa shape index (κ3) is 3.61. The van der Waals surface area contributed by atoms with Gasteiger partial charge in [0.25, 0.3) is 0 Å². The zero-order valence-electron chi connectivity index (χ0n) is 14.0. The zero-order valence-corrected chi connectivity index (χ0v) is 14.0. The fourth-order valence-corrected chi connectivity index (χ4v) is 3.51. The molecule has 2 atom stereocenters. The fraction of sp³-hybridized carbons (Fsp3) is 0.611. The van der Waals surface area contributed by atoms with Crippen LogP contribution in [0.3, 0.4) is 0 Å². The Morgan fingerprint density at radius 3 is 2.96 bits per heavy atom. The first-order chi connectivity index (χ1) is 11.2. The average molecular weight is 318 g/mol. The number of amides is 1. The van der Waals surface area contributed by atoms with Crippen molar-refractivity contribution in [2.45, 2.75) is 39.3 Å². The van der Waals surface area contributed by atoms with Crippen LogP contribution >= 0.6 is 0 Å². The van der Waals surface area contributed by atoms with Crippen LogP contribution in [-0.2, 0) is 11.3 Å². The lowest BCUT2D eigenvalue weighted by Gasteiger charge is -2.38. The SMILES string of the molecule is CC[C@H]1CN(C(C)=O)CC[C@H]1NCc1cccc2c1OCCO2. The summed E-state index contributed by atoms with van der Waals surface area (Å²) in [6, 6.07) is 6.50. The lowest BCUT2D eigenvalue weighted by atomic mass is 9.89. The van der Waals surface area contributed by atoms with Crippen LogP contribution in [0.25, 0.3) is 0 Å². The number of rotatable bonds is 4. The van der Waals surface area contributed by atoms with Gasteiger partial charge in [0.2, 0.25) is 5.91 Å². The lowest BCUT2D eigenvalue weighted by molar-refractivity contribution is -0.131. The number of likely N-dealkylation sites (tertiary alicyclic amines) is 1. The molecule has 126 valence electrons. The summed E-state index contributed by atoms with van der Waals surface area (Å²) in [5.74, 6) is 2.41. The minimum atomic E-state index is 0.185. The number of piperidine rings is 1. The van der Waals surface area contributed by atoms with E-state index in [0.29, 0.717) is 25.2 Å². The van der Waals surface area contributed by atoms with Crippen molar-refractivity contribution in [1.82, 2.24) is 10.2 Å². The number of hydrogen-bond acceptors (Lipinski definition) is 4. The molecule has 1 saturated heterocycles. The van der Waals surface area contributed by atoms with Crippen LogP contribution < -0.4 is 14.8 Å².